The van der Waals surface area contributed by atoms with E-state index in [0.717, 1.165) is 25.1 Å². The minimum atomic E-state index is -0.358. The zero-order chi connectivity index (χ0) is 13.1. The number of benzene rings is 1. The normalized spacial score (nSPS) is 14.6. The highest BCUT2D eigenvalue weighted by molar-refractivity contribution is 7.80. The molecular formula is C13H17FN2OS. The largest absolute Gasteiger partial charge is 0.389 e. The van der Waals surface area contributed by atoms with Gasteiger partial charge in [0.15, 0.2) is 0 Å². The Kier molecular flexibility index (Phi) is 4.14. The van der Waals surface area contributed by atoms with Crippen molar-refractivity contribution in [1.82, 2.24) is 0 Å². The summed E-state index contributed by atoms with van der Waals surface area (Å²) in [7, 11) is 1.66. The summed E-state index contributed by atoms with van der Waals surface area (Å²) in [5.74, 6) is -0.358. The smallest absolute Gasteiger partial charge is 0.135 e. The molecule has 0 saturated heterocycles. The summed E-state index contributed by atoms with van der Waals surface area (Å²) >= 11 is 4.96. The number of nitrogens with two attached hydrogens (primary N) is 1. The standard InChI is InChI=1S/C13H17FN2OS/c1-17-8-7-16(9-5-6-9)11-4-2-3-10(14)12(11)13(15)18/h2-4,9H,5-8H2,1H3,(H2,15,18). The first-order valence-electron chi connectivity index (χ1n) is 5.99. The summed E-state index contributed by atoms with van der Waals surface area (Å²) in [6.45, 7) is 1.32. The minimum Gasteiger partial charge on any atom is -0.389 e. The molecule has 1 saturated carbocycles. The van der Waals surface area contributed by atoms with E-state index in [4.69, 9.17) is 22.7 Å². The van der Waals surface area contributed by atoms with Gasteiger partial charge in [0, 0.05) is 19.7 Å². The molecule has 0 heterocycles. The van der Waals surface area contributed by atoms with Gasteiger partial charge in [-0.05, 0) is 25.0 Å². The zero-order valence-electron chi connectivity index (χ0n) is 10.4. The van der Waals surface area contributed by atoms with E-state index in [1.165, 1.54) is 6.07 Å². The number of thiocarbonyl (C=S) groups is 1. The minimum absolute atomic E-state index is 0.103. The SMILES string of the molecule is COCCN(c1cccc(F)c1C(N)=S)C1CC1. The van der Waals surface area contributed by atoms with Crippen LogP contribution in [0.25, 0.3) is 0 Å². The number of methoxy groups -OCH3 is 1. The second-order valence-electron chi connectivity index (χ2n) is 4.42. The van der Waals surface area contributed by atoms with Crippen molar-refractivity contribution in [2.75, 3.05) is 25.2 Å². The van der Waals surface area contributed by atoms with Gasteiger partial charge in [-0.1, -0.05) is 18.3 Å². The maximum absolute atomic E-state index is 13.8. The van der Waals surface area contributed by atoms with Crippen molar-refractivity contribution < 1.29 is 9.13 Å². The molecule has 2 rings (SSSR count). The third-order valence-corrected chi connectivity index (χ3v) is 3.28. The van der Waals surface area contributed by atoms with Gasteiger partial charge in [-0.3, -0.25) is 0 Å². The Bertz CT molecular complexity index is 449. The number of anilines is 1. The van der Waals surface area contributed by atoms with E-state index in [1.54, 1.807) is 13.2 Å². The monoisotopic (exact) mass is 268 g/mol. The second-order valence-corrected chi connectivity index (χ2v) is 4.86. The molecule has 0 bridgehead atoms. The zero-order valence-corrected chi connectivity index (χ0v) is 11.2. The summed E-state index contributed by atoms with van der Waals surface area (Å²) < 4.78 is 18.9. The van der Waals surface area contributed by atoms with Gasteiger partial charge in [-0.25, -0.2) is 4.39 Å². The molecule has 1 aromatic carbocycles. The van der Waals surface area contributed by atoms with Crippen LogP contribution in [0.2, 0.25) is 0 Å². The highest BCUT2D eigenvalue weighted by Gasteiger charge is 2.31. The molecule has 0 amide bonds. The second kappa shape index (κ2) is 5.63. The van der Waals surface area contributed by atoms with E-state index >= 15 is 0 Å². The van der Waals surface area contributed by atoms with Crippen LogP contribution in [0.3, 0.4) is 0 Å². The number of halogens is 1. The van der Waals surface area contributed by atoms with Crippen molar-refractivity contribution >= 4 is 22.9 Å². The Balaban J connectivity index is 2.34. The predicted molar refractivity (Wildman–Crippen MR) is 74.5 cm³/mol. The van der Waals surface area contributed by atoms with E-state index in [-0.39, 0.29) is 10.8 Å². The third-order valence-electron chi connectivity index (χ3n) is 3.07. The van der Waals surface area contributed by atoms with Crippen LogP contribution in [-0.2, 0) is 4.74 Å². The van der Waals surface area contributed by atoms with Crippen LogP contribution in [0.5, 0.6) is 0 Å². The maximum Gasteiger partial charge on any atom is 0.135 e. The van der Waals surface area contributed by atoms with Crippen LogP contribution in [-0.4, -0.2) is 31.3 Å². The third kappa shape index (κ3) is 2.79. The lowest BCUT2D eigenvalue weighted by molar-refractivity contribution is 0.205. The fourth-order valence-corrected chi connectivity index (χ4v) is 2.27. The molecular weight excluding hydrogens is 251 g/mol. The first-order chi connectivity index (χ1) is 8.65. The van der Waals surface area contributed by atoms with Crippen LogP contribution in [0.4, 0.5) is 10.1 Å². The van der Waals surface area contributed by atoms with E-state index in [1.807, 2.05) is 6.07 Å². The first-order valence-corrected chi connectivity index (χ1v) is 6.40. The molecule has 98 valence electrons. The van der Waals surface area contributed by atoms with Crippen molar-refractivity contribution in [3.8, 4) is 0 Å². The molecule has 1 fully saturated rings. The molecule has 1 aliphatic rings. The lowest BCUT2D eigenvalue weighted by Gasteiger charge is -2.26. The van der Waals surface area contributed by atoms with Gasteiger partial charge in [0.2, 0.25) is 0 Å². The van der Waals surface area contributed by atoms with Gasteiger partial charge in [0.25, 0.3) is 0 Å². The van der Waals surface area contributed by atoms with E-state index in [9.17, 15) is 4.39 Å². The quantitative estimate of drug-likeness (QED) is 0.802. The van der Waals surface area contributed by atoms with Gasteiger partial charge in [-0.15, -0.1) is 0 Å². The van der Waals surface area contributed by atoms with Gasteiger partial charge in [0.1, 0.15) is 10.8 Å². The number of rotatable bonds is 6. The van der Waals surface area contributed by atoms with Gasteiger partial charge in [-0.2, -0.15) is 0 Å². The average molecular weight is 268 g/mol. The summed E-state index contributed by atoms with van der Waals surface area (Å²) in [5, 5.41) is 0. The molecule has 0 spiro atoms. The van der Waals surface area contributed by atoms with E-state index in [0.29, 0.717) is 18.2 Å². The molecule has 1 aromatic rings. The maximum atomic E-state index is 13.8. The van der Waals surface area contributed by atoms with Crippen LogP contribution >= 0.6 is 12.2 Å². The number of ether oxygens (including phenoxy) is 1. The lowest BCUT2D eigenvalue weighted by Crippen LogP contribution is -2.32. The van der Waals surface area contributed by atoms with E-state index < -0.39 is 0 Å². The van der Waals surface area contributed by atoms with Crippen molar-refractivity contribution in [2.45, 2.75) is 18.9 Å². The molecule has 0 unspecified atom stereocenters. The highest BCUT2D eigenvalue weighted by Crippen LogP contribution is 2.34. The molecule has 3 nitrogen and oxygen atoms in total. The Morgan fingerprint density at radius 1 is 1.56 bits per heavy atom. The summed E-state index contributed by atoms with van der Waals surface area (Å²) in [4.78, 5) is 2.24. The molecule has 0 aliphatic heterocycles. The fraction of sp³-hybridized carbons (Fsp3) is 0.462. The Morgan fingerprint density at radius 3 is 2.83 bits per heavy atom. The van der Waals surface area contributed by atoms with Crippen LogP contribution in [0.1, 0.15) is 18.4 Å². The average Bonchev–Trinajstić information content (AvgIpc) is 3.13. The Hall–Kier alpha value is -1.20. The number of hydrogen-bond donors (Lipinski definition) is 1. The van der Waals surface area contributed by atoms with Gasteiger partial charge >= 0.3 is 0 Å². The van der Waals surface area contributed by atoms with Crippen molar-refractivity contribution in [2.24, 2.45) is 5.73 Å². The molecule has 0 radical (unpaired) electrons. The summed E-state index contributed by atoms with van der Waals surface area (Å²) in [5.41, 5.74) is 6.76. The fourth-order valence-electron chi connectivity index (χ4n) is 2.07. The topological polar surface area (TPSA) is 38.5 Å². The number of hydrogen-bond acceptors (Lipinski definition) is 3. The van der Waals surface area contributed by atoms with Gasteiger partial charge < -0.3 is 15.4 Å². The molecule has 0 aromatic heterocycles. The van der Waals surface area contributed by atoms with Gasteiger partial charge in [0.05, 0.1) is 17.9 Å². The lowest BCUT2D eigenvalue weighted by atomic mass is 10.1. The highest BCUT2D eigenvalue weighted by atomic mass is 32.1. The molecule has 0 atom stereocenters. The summed E-state index contributed by atoms with van der Waals surface area (Å²) in [6.07, 6.45) is 2.24. The molecule has 2 N–H and O–H groups in total. The summed E-state index contributed by atoms with van der Waals surface area (Å²) in [6, 6.07) is 5.40. The molecule has 5 heteroatoms. The molecule has 1 aliphatic carbocycles. The Labute approximate surface area is 112 Å². The predicted octanol–water partition coefficient (Wildman–Crippen LogP) is 2.08. The van der Waals surface area contributed by atoms with Crippen LogP contribution in [0, 0.1) is 5.82 Å². The van der Waals surface area contributed by atoms with E-state index in [2.05, 4.69) is 4.90 Å². The molecule has 18 heavy (non-hydrogen) atoms. The van der Waals surface area contributed by atoms with Crippen LogP contribution < -0.4 is 10.6 Å². The van der Waals surface area contributed by atoms with Crippen molar-refractivity contribution in [3.05, 3.63) is 29.6 Å². The number of nitrogens with zero attached hydrogens (tertiary/aromatic N) is 1. The first kappa shape index (κ1) is 13.2. The van der Waals surface area contributed by atoms with Crippen molar-refractivity contribution in [3.63, 3.8) is 0 Å². The Morgan fingerprint density at radius 2 is 2.28 bits per heavy atom. The van der Waals surface area contributed by atoms with Crippen LogP contribution in [0.15, 0.2) is 18.2 Å². The van der Waals surface area contributed by atoms with Crippen molar-refractivity contribution in [1.29, 1.82) is 0 Å².